The average molecular weight is 204 g/mol. The van der Waals surface area contributed by atoms with E-state index in [1.54, 1.807) is 0 Å². The Kier molecular flexibility index (Phi) is 1.91. The van der Waals surface area contributed by atoms with Gasteiger partial charge in [-0.05, 0) is 12.0 Å². The van der Waals surface area contributed by atoms with Crippen molar-refractivity contribution in [2.45, 2.75) is 32.6 Å². The molecule has 80 valence electrons. The van der Waals surface area contributed by atoms with E-state index in [0.29, 0.717) is 5.92 Å². The summed E-state index contributed by atoms with van der Waals surface area (Å²) in [5.74, 6) is 2.77. The highest BCUT2D eigenvalue weighted by Crippen LogP contribution is 2.43. The third-order valence-corrected chi connectivity index (χ3v) is 3.27. The standard InChI is InChI=1S/C13H16O2/c1-8(2)12-10-4-6-14-11(10)7-9-3-5-15-13(9)12/h7-8H,3-6H2,1-2H3. The highest BCUT2D eigenvalue weighted by molar-refractivity contribution is 5.57. The predicted octanol–water partition coefficient (Wildman–Crippen LogP) is 2.68. The van der Waals surface area contributed by atoms with Gasteiger partial charge in [-0.1, -0.05) is 13.8 Å². The van der Waals surface area contributed by atoms with Gasteiger partial charge in [0.25, 0.3) is 0 Å². The largest absolute Gasteiger partial charge is 0.493 e. The highest BCUT2D eigenvalue weighted by Gasteiger charge is 2.27. The van der Waals surface area contributed by atoms with Gasteiger partial charge in [0.1, 0.15) is 11.5 Å². The lowest BCUT2D eigenvalue weighted by atomic mass is 9.92. The lowest BCUT2D eigenvalue weighted by Crippen LogP contribution is -1.98. The van der Waals surface area contributed by atoms with Crippen LogP contribution in [-0.4, -0.2) is 13.2 Å². The van der Waals surface area contributed by atoms with E-state index in [2.05, 4.69) is 19.9 Å². The predicted molar refractivity (Wildman–Crippen MR) is 58.9 cm³/mol. The second-order valence-electron chi connectivity index (χ2n) is 4.61. The van der Waals surface area contributed by atoms with E-state index < -0.39 is 0 Å². The molecule has 0 atom stereocenters. The van der Waals surface area contributed by atoms with Crippen molar-refractivity contribution in [3.8, 4) is 11.5 Å². The summed E-state index contributed by atoms with van der Waals surface area (Å²) in [5, 5.41) is 0. The van der Waals surface area contributed by atoms with Gasteiger partial charge in [-0.15, -0.1) is 0 Å². The zero-order valence-corrected chi connectivity index (χ0v) is 9.30. The fraction of sp³-hybridized carbons (Fsp3) is 0.538. The molecule has 3 rings (SSSR count). The van der Waals surface area contributed by atoms with Crippen molar-refractivity contribution in [1.82, 2.24) is 0 Å². The van der Waals surface area contributed by atoms with Crippen LogP contribution in [-0.2, 0) is 12.8 Å². The van der Waals surface area contributed by atoms with E-state index in [4.69, 9.17) is 9.47 Å². The van der Waals surface area contributed by atoms with Gasteiger partial charge in [0.15, 0.2) is 0 Å². The number of hydrogen-bond donors (Lipinski definition) is 0. The maximum absolute atomic E-state index is 5.76. The molecular weight excluding hydrogens is 188 g/mol. The molecule has 0 spiro atoms. The van der Waals surface area contributed by atoms with Crippen LogP contribution in [0, 0.1) is 0 Å². The number of rotatable bonds is 1. The fourth-order valence-corrected chi connectivity index (χ4v) is 2.63. The molecule has 0 fully saturated rings. The Labute approximate surface area is 90.2 Å². The van der Waals surface area contributed by atoms with Crippen LogP contribution in [0.5, 0.6) is 11.5 Å². The Morgan fingerprint density at radius 2 is 1.93 bits per heavy atom. The number of benzene rings is 1. The van der Waals surface area contributed by atoms with E-state index in [-0.39, 0.29) is 0 Å². The fourth-order valence-electron chi connectivity index (χ4n) is 2.63. The van der Waals surface area contributed by atoms with Gasteiger partial charge in [-0.3, -0.25) is 0 Å². The van der Waals surface area contributed by atoms with Crippen LogP contribution < -0.4 is 9.47 Å². The summed E-state index contributed by atoms with van der Waals surface area (Å²) in [5.41, 5.74) is 4.10. The lowest BCUT2D eigenvalue weighted by Gasteiger charge is -2.15. The lowest BCUT2D eigenvalue weighted by molar-refractivity contribution is 0.351. The maximum Gasteiger partial charge on any atom is 0.126 e. The van der Waals surface area contributed by atoms with Crippen LogP contribution in [0.25, 0.3) is 0 Å². The molecule has 0 saturated heterocycles. The molecule has 1 aromatic rings. The minimum atomic E-state index is 0.522. The Bertz CT molecular complexity index is 375. The SMILES string of the molecule is CC(C)c1c2c(cc3c1OCC3)OCC2. The first-order chi connectivity index (χ1) is 7.27. The summed E-state index contributed by atoms with van der Waals surface area (Å²) in [7, 11) is 0. The van der Waals surface area contributed by atoms with Crippen LogP contribution in [0.4, 0.5) is 0 Å². The summed E-state index contributed by atoms with van der Waals surface area (Å²) in [6.07, 6.45) is 2.07. The second-order valence-corrected chi connectivity index (χ2v) is 4.61. The van der Waals surface area contributed by atoms with Gasteiger partial charge in [0.05, 0.1) is 13.2 Å². The van der Waals surface area contributed by atoms with E-state index >= 15 is 0 Å². The van der Waals surface area contributed by atoms with Gasteiger partial charge >= 0.3 is 0 Å². The minimum absolute atomic E-state index is 0.522. The van der Waals surface area contributed by atoms with Crippen molar-refractivity contribution in [3.63, 3.8) is 0 Å². The molecule has 0 bridgehead atoms. The smallest absolute Gasteiger partial charge is 0.126 e. The van der Waals surface area contributed by atoms with Crippen molar-refractivity contribution < 1.29 is 9.47 Å². The second kappa shape index (κ2) is 3.16. The molecule has 2 aliphatic rings. The topological polar surface area (TPSA) is 18.5 Å². The molecule has 2 aliphatic heterocycles. The van der Waals surface area contributed by atoms with Crippen molar-refractivity contribution in [3.05, 3.63) is 22.8 Å². The zero-order valence-electron chi connectivity index (χ0n) is 9.30. The number of fused-ring (bicyclic) bond motifs is 2. The molecule has 0 radical (unpaired) electrons. The Morgan fingerprint density at radius 1 is 1.13 bits per heavy atom. The molecule has 2 nitrogen and oxygen atoms in total. The van der Waals surface area contributed by atoms with Crippen LogP contribution in [0.2, 0.25) is 0 Å². The van der Waals surface area contributed by atoms with Crippen molar-refractivity contribution in [2.75, 3.05) is 13.2 Å². The van der Waals surface area contributed by atoms with Gasteiger partial charge in [-0.25, -0.2) is 0 Å². The first-order valence-electron chi connectivity index (χ1n) is 5.71. The van der Waals surface area contributed by atoms with Gasteiger partial charge in [0.2, 0.25) is 0 Å². The van der Waals surface area contributed by atoms with E-state index in [9.17, 15) is 0 Å². The van der Waals surface area contributed by atoms with E-state index in [0.717, 1.165) is 37.6 Å². The molecule has 2 heteroatoms. The maximum atomic E-state index is 5.76. The first-order valence-corrected chi connectivity index (χ1v) is 5.71. The van der Waals surface area contributed by atoms with Crippen molar-refractivity contribution in [1.29, 1.82) is 0 Å². The summed E-state index contributed by atoms with van der Waals surface area (Å²) >= 11 is 0. The Morgan fingerprint density at radius 3 is 2.73 bits per heavy atom. The molecule has 0 unspecified atom stereocenters. The molecule has 2 heterocycles. The quantitative estimate of drug-likeness (QED) is 0.700. The Hall–Kier alpha value is -1.18. The minimum Gasteiger partial charge on any atom is -0.493 e. The van der Waals surface area contributed by atoms with Crippen LogP contribution in [0.3, 0.4) is 0 Å². The summed E-state index contributed by atoms with van der Waals surface area (Å²) in [4.78, 5) is 0. The monoisotopic (exact) mass is 204 g/mol. The molecular formula is C13H16O2. The van der Waals surface area contributed by atoms with Gasteiger partial charge < -0.3 is 9.47 Å². The molecule has 0 saturated carbocycles. The molecule has 0 amide bonds. The van der Waals surface area contributed by atoms with E-state index in [1.807, 2.05) is 0 Å². The van der Waals surface area contributed by atoms with Gasteiger partial charge in [0, 0.05) is 29.5 Å². The highest BCUT2D eigenvalue weighted by atomic mass is 16.5. The third kappa shape index (κ3) is 1.24. The number of hydrogen-bond acceptors (Lipinski definition) is 2. The first kappa shape index (κ1) is 9.08. The zero-order chi connectivity index (χ0) is 10.4. The van der Waals surface area contributed by atoms with E-state index in [1.165, 1.54) is 16.7 Å². The van der Waals surface area contributed by atoms with Crippen LogP contribution >= 0.6 is 0 Å². The normalized spacial score (nSPS) is 17.3. The third-order valence-electron chi connectivity index (χ3n) is 3.27. The van der Waals surface area contributed by atoms with Gasteiger partial charge in [-0.2, -0.15) is 0 Å². The van der Waals surface area contributed by atoms with Crippen molar-refractivity contribution >= 4 is 0 Å². The molecule has 0 aromatic heterocycles. The molecule has 1 aromatic carbocycles. The molecule has 0 N–H and O–H groups in total. The summed E-state index contributed by atoms with van der Waals surface area (Å²) in [6.45, 7) is 6.13. The molecule has 15 heavy (non-hydrogen) atoms. The summed E-state index contributed by atoms with van der Waals surface area (Å²) < 4.78 is 11.4. The Balaban J connectivity index is 2.25. The number of ether oxygens (including phenoxy) is 2. The summed E-state index contributed by atoms with van der Waals surface area (Å²) in [6, 6.07) is 2.18. The van der Waals surface area contributed by atoms with Crippen LogP contribution in [0.15, 0.2) is 6.07 Å². The van der Waals surface area contributed by atoms with Crippen LogP contribution in [0.1, 0.15) is 36.5 Å². The average Bonchev–Trinajstić information content (AvgIpc) is 2.79. The molecule has 0 aliphatic carbocycles. The van der Waals surface area contributed by atoms with Crippen molar-refractivity contribution in [2.24, 2.45) is 0 Å².